The molecule has 0 spiro atoms. The molecule has 106 valence electrons. The highest BCUT2D eigenvalue weighted by Crippen LogP contribution is 2.13. The maximum absolute atomic E-state index is 11.7. The van der Waals surface area contributed by atoms with E-state index in [0.717, 1.165) is 10.2 Å². The first kappa shape index (κ1) is 14.8. The maximum atomic E-state index is 11.7. The van der Waals surface area contributed by atoms with Crippen molar-refractivity contribution in [2.24, 2.45) is 0 Å². The Morgan fingerprint density at radius 2 is 2.15 bits per heavy atom. The van der Waals surface area contributed by atoms with Crippen molar-refractivity contribution in [1.29, 1.82) is 0 Å². The molecular formula is C15H17BrN2O2. The third-order valence-electron chi connectivity index (χ3n) is 2.91. The van der Waals surface area contributed by atoms with Gasteiger partial charge in [-0.05, 0) is 23.8 Å². The average Bonchev–Trinajstić information content (AvgIpc) is 2.45. The van der Waals surface area contributed by atoms with E-state index < -0.39 is 0 Å². The van der Waals surface area contributed by atoms with Crippen LogP contribution in [-0.4, -0.2) is 18.3 Å². The summed E-state index contributed by atoms with van der Waals surface area (Å²) in [7, 11) is 1.63. The smallest absolute Gasteiger partial charge is 0.250 e. The van der Waals surface area contributed by atoms with Crippen LogP contribution in [0.2, 0.25) is 0 Å². The molecule has 0 unspecified atom stereocenters. The molecule has 0 saturated heterocycles. The second-order valence-electron chi connectivity index (χ2n) is 4.43. The summed E-state index contributed by atoms with van der Waals surface area (Å²) in [5.74, 6) is 0. The van der Waals surface area contributed by atoms with Gasteiger partial charge in [0.05, 0.1) is 12.3 Å². The van der Waals surface area contributed by atoms with Gasteiger partial charge in [0.25, 0.3) is 5.56 Å². The van der Waals surface area contributed by atoms with Crippen molar-refractivity contribution in [3.8, 4) is 0 Å². The van der Waals surface area contributed by atoms with Gasteiger partial charge in [0.1, 0.15) is 0 Å². The number of anilines is 1. The first-order valence-corrected chi connectivity index (χ1v) is 7.16. The number of hydrogen-bond donors (Lipinski definition) is 1. The zero-order valence-electron chi connectivity index (χ0n) is 11.3. The van der Waals surface area contributed by atoms with Gasteiger partial charge in [-0.25, -0.2) is 0 Å². The number of pyridine rings is 1. The Morgan fingerprint density at radius 3 is 2.90 bits per heavy atom. The van der Waals surface area contributed by atoms with Crippen LogP contribution in [-0.2, 0) is 17.8 Å². The highest BCUT2D eigenvalue weighted by atomic mass is 79.9. The van der Waals surface area contributed by atoms with Gasteiger partial charge >= 0.3 is 0 Å². The van der Waals surface area contributed by atoms with Gasteiger partial charge in [0, 0.05) is 36.9 Å². The van der Waals surface area contributed by atoms with E-state index in [1.807, 2.05) is 18.3 Å². The zero-order chi connectivity index (χ0) is 14.4. The van der Waals surface area contributed by atoms with Crippen molar-refractivity contribution < 1.29 is 4.74 Å². The molecule has 0 amide bonds. The number of hydrogen-bond acceptors (Lipinski definition) is 3. The summed E-state index contributed by atoms with van der Waals surface area (Å²) in [6.07, 6.45) is 1.82. The fourth-order valence-electron chi connectivity index (χ4n) is 1.85. The Morgan fingerprint density at radius 1 is 1.30 bits per heavy atom. The number of benzene rings is 1. The molecule has 0 aliphatic carbocycles. The summed E-state index contributed by atoms with van der Waals surface area (Å²) >= 11 is 3.45. The van der Waals surface area contributed by atoms with Crippen molar-refractivity contribution in [1.82, 2.24) is 4.57 Å². The van der Waals surface area contributed by atoms with Crippen molar-refractivity contribution in [2.45, 2.75) is 13.1 Å². The average molecular weight is 337 g/mol. The van der Waals surface area contributed by atoms with E-state index in [4.69, 9.17) is 4.74 Å². The van der Waals surface area contributed by atoms with Crippen LogP contribution in [0.4, 0.5) is 5.69 Å². The van der Waals surface area contributed by atoms with Gasteiger partial charge < -0.3 is 14.6 Å². The van der Waals surface area contributed by atoms with E-state index in [0.29, 0.717) is 19.7 Å². The number of nitrogens with zero attached hydrogens (tertiary/aromatic N) is 1. The van der Waals surface area contributed by atoms with E-state index in [1.54, 1.807) is 23.8 Å². The number of rotatable bonds is 6. The van der Waals surface area contributed by atoms with Crippen molar-refractivity contribution in [3.63, 3.8) is 0 Å². The lowest BCUT2D eigenvalue weighted by molar-refractivity contribution is 0.186. The normalized spacial score (nSPS) is 10.5. The SMILES string of the molecule is COCCn1cc(NCc2cccc(Br)c2)ccc1=O. The Labute approximate surface area is 126 Å². The molecule has 2 aromatic rings. The van der Waals surface area contributed by atoms with Crippen molar-refractivity contribution >= 4 is 21.6 Å². The predicted molar refractivity (Wildman–Crippen MR) is 84.0 cm³/mol. The second-order valence-corrected chi connectivity index (χ2v) is 5.34. The third kappa shape index (κ3) is 4.21. The molecule has 0 fully saturated rings. The standard InChI is InChI=1S/C15H17BrN2O2/c1-20-8-7-18-11-14(5-6-15(18)19)17-10-12-3-2-4-13(16)9-12/h2-6,9,11,17H,7-8,10H2,1H3. The van der Waals surface area contributed by atoms with E-state index in [1.165, 1.54) is 5.56 Å². The zero-order valence-corrected chi connectivity index (χ0v) is 12.9. The van der Waals surface area contributed by atoms with Gasteiger partial charge in [0.2, 0.25) is 0 Å². The van der Waals surface area contributed by atoms with E-state index in [2.05, 4.69) is 33.4 Å². The Kier molecular flexibility index (Phi) is 5.38. The summed E-state index contributed by atoms with van der Waals surface area (Å²) in [6.45, 7) is 1.79. The molecule has 1 N–H and O–H groups in total. The highest BCUT2D eigenvalue weighted by Gasteiger charge is 1.99. The fourth-order valence-corrected chi connectivity index (χ4v) is 2.30. The molecule has 0 aliphatic heterocycles. The van der Waals surface area contributed by atoms with Crippen LogP contribution >= 0.6 is 15.9 Å². The van der Waals surface area contributed by atoms with Crippen LogP contribution in [0.25, 0.3) is 0 Å². The van der Waals surface area contributed by atoms with Crippen LogP contribution in [0.15, 0.2) is 51.9 Å². The molecular weight excluding hydrogens is 320 g/mol. The topological polar surface area (TPSA) is 43.3 Å². The lowest BCUT2D eigenvalue weighted by Crippen LogP contribution is -2.21. The summed E-state index contributed by atoms with van der Waals surface area (Å²) < 4.78 is 7.70. The molecule has 4 nitrogen and oxygen atoms in total. The summed E-state index contributed by atoms with van der Waals surface area (Å²) in [6, 6.07) is 11.5. The minimum atomic E-state index is -0.0185. The van der Waals surface area contributed by atoms with Gasteiger partial charge in [-0.2, -0.15) is 0 Å². The van der Waals surface area contributed by atoms with Gasteiger partial charge in [-0.15, -0.1) is 0 Å². The Bertz CT molecular complexity index is 625. The minimum Gasteiger partial charge on any atom is -0.383 e. The Hall–Kier alpha value is -1.59. The van der Waals surface area contributed by atoms with Crippen LogP contribution in [0, 0.1) is 0 Å². The van der Waals surface area contributed by atoms with Crippen molar-refractivity contribution in [2.75, 3.05) is 19.0 Å². The summed E-state index contributed by atoms with van der Waals surface area (Å²) in [5.41, 5.74) is 2.07. The fraction of sp³-hybridized carbons (Fsp3) is 0.267. The summed E-state index contributed by atoms with van der Waals surface area (Å²) in [4.78, 5) is 11.7. The number of halogens is 1. The van der Waals surface area contributed by atoms with Crippen LogP contribution in [0.3, 0.4) is 0 Å². The van der Waals surface area contributed by atoms with Crippen LogP contribution in [0.1, 0.15) is 5.56 Å². The number of aromatic nitrogens is 1. The lowest BCUT2D eigenvalue weighted by Gasteiger charge is -2.10. The second kappa shape index (κ2) is 7.26. The van der Waals surface area contributed by atoms with E-state index in [9.17, 15) is 4.79 Å². The Balaban J connectivity index is 2.04. The van der Waals surface area contributed by atoms with Crippen LogP contribution in [0.5, 0.6) is 0 Å². The van der Waals surface area contributed by atoms with Crippen molar-refractivity contribution in [3.05, 3.63) is 63.0 Å². The number of methoxy groups -OCH3 is 1. The predicted octanol–water partition coefficient (Wildman–Crippen LogP) is 2.87. The summed E-state index contributed by atoms with van der Waals surface area (Å²) in [5, 5.41) is 3.31. The molecule has 5 heteroatoms. The molecule has 0 radical (unpaired) electrons. The van der Waals surface area contributed by atoms with E-state index in [-0.39, 0.29) is 5.56 Å². The largest absolute Gasteiger partial charge is 0.383 e. The molecule has 20 heavy (non-hydrogen) atoms. The molecule has 1 heterocycles. The quantitative estimate of drug-likeness (QED) is 0.882. The van der Waals surface area contributed by atoms with Gasteiger partial charge in [-0.3, -0.25) is 4.79 Å². The maximum Gasteiger partial charge on any atom is 0.250 e. The first-order chi connectivity index (χ1) is 9.69. The molecule has 0 bridgehead atoms. The molecule has 0 atom stereocenters. The van der Waals surface area contributed by atoms with E-state index >= 15 is 0 Å². The number of ether oxygens (including phenoxy) is 1. The monoisotopic (exact) mass is 336 g/mol. The minimum absolute atomic E-state index is 0.0185. The van der Waals surface area contributed by atoms with Gasteiger partial charge in [-0.1, -0.05) is 28.1 Å². The molecule has 1 aromatic heterocycles. The molecule has 0 aliphatic rings. The first-order valence-electron chi connectivity index (χ1n) is 6.37. The molecule has 0 saturated carbocycles. The van der Waals surface area contributed by atoms with Gasteiger partial charge in [0.15, 0.2) is 0 Å². The molecule has 2 rings (SSSR count). The number of nitrogens with one attached hydrogen (secondary N) is 1. The highest BCUT2D eigenvalue weighted by molar-refractivity contribution is 9.10. The molecule has 1 aromatic carbocycles. The third-order valence-corrected chi connectivity index (χ3v) is 3.40. The lowest BCUT2D eigenvalue weighted by atomic mass is 10.2. The van der Waals surface area contributed by atoms with Crippen LogP contribution < -0.4 is 10.9 Å².